The molecule has 4 aromatic rings. The molecule has 0 fully saturated rings. The fourth-order valence-electron chi connectivity index (χ4n) is 8.40. The number of aryl methyl sites for hydroxylation is 4. The molecule has 0 unspecified atom stereocenters. The van der Waals surface area contributed by atoms with Gasteiger partial charge in [-0.2, -0.15) is 0 Å². The van der Waals surface area contributed by atoms with Crippen LogP contribution in [0.3, 0.4) is 0 Å². The number of rotatable bonds is 28. The van der Waals surface area contributed by atoms with Gasteiger partial charge in [-0.1, -0.05) is 155 Å². The second-order valence-corrected chi connectivity index (χ2v) is 19.0. The van der Waals surface area contributed by atoms with Crippen molar-refractivity contribution in [2.24, 2.45) is 0 Å². The molecule has 0 atom stereocenters. The van der Waals surface area contributed by atoms with Crippen LogP contribution in [0.25, 0.3) is 16.9 Å². The Kier molecular flexibility index (Phi) is 24.4. The molecule has 4 aromatic carbocycles. The number of nitrogens with zero attached hydrogens (tertiary/aromatic N) is 2. The van der Waals surface area contributed by atoms with Gasteiger partial charge in [0, 0.05) is 22.3 Å². The van der Waals surface area contributed by atoms with E-state index in [0.717, 1.165) is 42.6 Å². The second kappa shape index (κ2) is 29.7. The summed E-state index contributed by atoms with van der Waals surface area (Å²) in [5, 5.41) is 0. The molecule has 5 rings (SSSR count). The van der Waals surface area contributed by atoms with Gasteiger partial charge in [-0.15, -0.1) is 0 Å². The Morgan fingerprint density at radius 2 is 0.803 bits per heavy atom. The fraction of sp³-hybridized carbons (Fsp3) is 0.517. The predicted molar refractivity (Wildman–Crippen MR) is 264 cm³/mol. The van der Waals surface area contributed by atoms with Gasteiger partial charge in [-0.05, 0) is 86.8 Å². The van der Waals surface area contributed by atoms with Gasteiger partial charge in [0.1, 0.15) is 0 Å². The van der Waals surface area contributed by atoms with Crippen molar-refractivity contribution in [2.45, 2.75) is 196 Å². The maximum atomic E-state index is 12.2. The van der Waals surface area contributed by atoms with Crippen molar-refractivity contribution in [2.75, 3.05) is 0 Å². The van der Waals surface area contributed by atoms with Gasteiger partial charge in [0.05, 0.1) is 0 Å². The van der Waals surface area contributed by atoms with Crippen LogP contribution in [0.5, 0.6) is 0 Å². The van der Waals surface area contributed by atoms with E-state index < -0.39 is 0 Å². The zero-order valence-corrected chi connectivity index (χ0v) is 40.4. The Balaban J connectivity index is 0.000000454. The molecule has 0 saturated carbocycles. The summed E-state index contributed by atoms with van der Waals surface area (Å²) in [5.74, 6) is 0. The summed E-state index contributed by atoms with van der Waals surface area (Å²) in [4.78, 5) is 0. The summed E-state index contributed by atoms with van der Waals surface area (Å²) in [7, 11) is 0. The number of unbranched alkanes of at least 4 members (excludes halogenated alkanes) is 16. The first kappa shape index (κ1) is 50.1. The Labute approximate surface area is 380 Å². The zero-order chi connectivity index (χ0) is 43.5. The van der Waals surface area contributed by atoms with E-state index in [1.807, 2.05) is 0 Å². The van der Waals surface area contributed by atoms with E-state index in [4.69, 9.17) is 0 Å². The molecule has 0 aliphatic carbocycles. The number of allylic oxidation sites excluding steroid dienone is 2. The van der Waals surface area contributed by atoms with Crippen LogP contribution in [0.2, 0.25) is 0 Å². The van der Waals surface area contributed by atoms with Crippen LogP contribution < -0.4 is 9.07 Å². The quantitative estimate of drug-likeness (QED) is 0.0309. The summed E-state index contributed by atoms with van der Waals surface area (Å²) in [5.41, 5.74) is 24.8. The van der Waals surface area contributed by atoms with Gasteiger partial charge in [0.2, 0.25) is 11.4 Å². The molecule has 334 valence electrons. The van der Waals surface area contributed by atoms with Crippen molar-refractivity contribution in [3.63, 3.8) is 0 Å². The third-order valence-electron chi connectivity index (χ3n) is 12.1. The van der Waals surface area contributed by atoms with E-state index in [1.165, 1.54) is 176 Å². The van der Waals surface area contributed by atoms with Crippen LogP contribution >= 0.6 is 0 Å². The summed E-state index contributed by atoms with van der Waals surface area (Å²) in [6, 6.07) is 35.6. The Hall–Kier alpha value is -3.55. The molecular formula is C58H82N2Ni. The first-order valence-corrected chi connectivity index (χ1v) is 25.7. The van der Waals surface area contributed by atoms with Gasteiger partial charge in [-0.25, -0.2) is 4.70 Å². The van der Waals surface area contributed by atoms with Crippen LogP contribution in [0.4, 0.5) is 0 Å². The standard InChI is InChI=1S/C44H68N2.2C7H7.Ni/c1-5-9-13-16-19-22-27-38-28-25-29-40(36-38)44-42(31-24-21-18-15-11-7-3)41(30-23-20-17-14-10-6-2)43(46(44)45)39-34-32-37(33-35-39)26-12-8-4;2*1-7-5-3-2-4-6-7;/h25,28-29,32-36H,5-24,26-27,30-31H2,1-4H3;2*3-6H,1H3;. The summed E-state index contributed by atoms with van der Waals surface area (Å²) < 4.78 is 4.23. The Morgan fingerprint density at radius 3 is 1.28 bits per heavy atom. The molecule has 0 N–H and O–H groups in total. The monoisotopic (exact) mass is 865 g/mol. The molecule has 0 saturated heterocycles. The van der Waals surface area contributed by atoms with Gasteiger partial charge < -0.3 is 5.53 Å². The van der Waals surface area contributed by atoms with E-state index >= 15 is 0 Å². The number of hydrogen-bond acceptors (Lipinski definition) is 0. The molecule has 0 spiro atoms. The maximum absolute atomic E-state index is 12.2. The molecule has 61 heavy (non-hydrogen) atoms. The van der Waals surface area contributed by atoms with Crippen molar-refractivity contribution in [3.8, 4) is 0 Å². The average Bonchev–Trinajstić information content (AvgIpc) is 3.55. The number of benzene rings is 4. The molecule has 1 aliphatic rings. The van der Waals surface area contributed by atoms with Gasteiger partial charge in [0.15, 0.2) is 0 Å². The minimum absolute atomic E-state index is 1.04. The topological polar surface area (TPSA) is 25.3 Å². The molecule has 0 aromatic heterocycles. The third-order valence-corrected chi connectivity index (χ3v) is 13.4. The molecule has 1 heterocycles. The number of hydrogen-bond donors (Lipinski definition) is 0. The molecule has 0 radical (unpaired) electrons. The van der Waals surface area contributed by atoms with E-state index in [0.29, 0.717) is 0 Å². The van der Waals surface area contributed by atoms with Gasteiger partial charge in [0.25, 0.3) is 0 Å². The Morgan fingerprint density at radius 1 is 0.393 bits per heavy atom. The third kappa shape index (κ3) is 18.0. The van der Waals surface area contributed by atoms with Crippen molar-refractivity contribution in [1.29, 1.82) is 0 Å². The van der Waals surface area contributed by atoms with Crippen molar-refractivity contribution >= 4 is 20.5 Å². The molecule has 3 heteroatoms. The average molecular weight is 866 g/mol. The zero-order valence-electron chi connectivity index (χ0n) is 39.4. The second-order valence-electron chi connectivity index (χ2n) is 17.6. The van der Waals surface area contributed by atoms with E-state index in [2.05, 4.69) is 139 Å². The molecule has 1 aliphatic heterocycles. The van der Waals surface area contributed by atoms with Crippen LogP contribution in [-0.2, 0) is 27.3 Å². The fourth-order valence-corrected chi connectivity index (χ4v) is 9.39. The first-order valence-electron chi connectivity index (χ1n) is 24.7. The van der Waals surface area contributed by atoms with Gasteiger partial charge in [-0.3, -0.25) is 0 Å². The molecule has 2 nitrogen and oxygen atoms in total. The summed E-state index contributed by atoms with van der Waals surface area (Å²) in [6.07, 6.45) is 30.2. The molecule has 0 bridgehead atoms. The van der Waals surface area contributed by atoms with Crippen molar-refractivity contribution < 1.29 is 19.1 Å². The SMILES string of the molecule is CCCCCCCCC1=C(c2ccc(CCCC)cc2)[N+](=[N-])C(c2cccc(CCCCCCCC)c2)=C1CCCCCCCC.Cc1cc[c]([Ni][c]2ccc(C)cc2)cc1. The summed E-state index contributed by atoms with van der Waals surface area (Å²) in [6.45, 7) is 13.4. The van der Waals surface area contributed by atoms with E-state index in [1.54, 1.807) is 19.1 Å². The predicted octanol–water partition coefficient (Wildman–Crippen LogP) is 16.9. The van der Waals surface area contributed by atoms with Crippen LogP contribution in [0.1, 0.15) is 202 Å². The van der Waals surface area contributed by atoms with Crippen LogP contribution in [0.15, 0.2) is 108 Å². The summed E-state index contributed by atoms with van der Waals surface area (Å²) >= 11 is 1.61. The van der Waals surface area contributed by atoms with E-state index in [-0.39, 0.29) is 0 Å². The van der Waals surface area contributed by atoms with Crippen molar-refractivity contribution in [3.05, 3.63) is 147 Å². The van der Waals surface area contributed by atoms with Crippen LogP contribution in [0, 0.1) is 13.8 Å². The van der Waals surface area contributed by atoms with Crippen LogP contribution in [-0.4, -0.2) is 4.70 Å². The first-order chi connectivity index (χ1) is 29.9. The van der Waals surface area contributed by atoms with Crippen molar-refractivity contribution in [1.82, 2.24) is 0 Å². The Bertz CT molecular complexity index is 1840. The van der Waals surface area contributed by atoms with Gasteiger partial charge >= 0.3 is 97.0 Å². The van der Waals surface area contributed by atoms with E-state index in [9.17, 15) is 5.53 Å². The molecular weight excluding hydrogens is 783 g/mol. The molecule has 0 amide bonds. The normalized spacial score (nSPS) is 12.7. The minimum atomic E-state index is 1.04.